The molecule has 0 saturated carbocycles. The third-order valence-electron chi connectivity index (χ3n) is 5.60. The van der Waals surface area contributed by atoms with Gasteiger partial charge in [-0.15, -0.1) is 0 Å². The molecule has 2 aliphatic rings. The average Bonchev–Trinajstić information content (AvgIpc) is 2.52. The van der Waals surface area contributed by atoms with Gasteiger partial charge in [-0.1, -0.05) is 30.3 Å². The standard InChI is InChI=1S/C18H26N2O2/c1-15-13-18(7-10-19(11-8-18)17(21)22)9-12-20(15)14-16-5-3-2-4-6-16/h2-6,15H,7-14H2,1H3,(H,21,22). The summed E-state index contributed by atoms with van der Waals surface area (Å²) in [5.74, 6) is 0. The molecular weight excluding hydrogens is 276 g/mol. The van der Waals surface area contributed by atoms with E-state index in [-0.39, 0.29) is 0 Å². The summed E-state index contributed by atoms with van der Waals surface area (Å²) in [4.78, 5) is 15.2. The minimum atomic E-state index is -0.760. The van der Waals surface area contributed by atoms with Crippen molar-refractivity contribution in [3.63, 3.8) is 0 Å². The maximum Gasteiger partial charge on any atom is 0.407 e. The molecule has 1 N–H and O–H groups in total. The molecule has 2 saturated heterocycles. The molecule has 0 aromatic heterocycles. The zero-order chi connectivity index (χ0) is 15.6. The van der Waals surface area contributed by atoms with E-state index in [2.05, 4.69) is 42.2 Å². The third-order valence-corrected chi connectivity index (χ3v) is 5.60. The van der Waals surface area contributed by atoms with Crippen LogP contribution in [0.5, 0.6) is 0 Å². The summed E-state index contributed by atoms with van der Waals surface area (Å²) in [6.07, 6.45) is 3.71. The van der Waals surface area contributed by atoms with Crippen LogP contribution in [0.4, 0.5) is 4.79 Å². The summed E-state index contributed by atoms with van der Waals surface area (Å²) < 4.78 is 0. The minimum absolute atomic E-state index is 0.374. The molecule has 2 fully saturated rings. The fraction of sp³-hybridized carbons (Fsp3) is 0.611. The van der Waals surface area contributed by atoms with Gasteiger partial charge in [0.15, 0.2) is 0 Å². The fourth-order valence-corrected chi connectivity index (χ4v) is 4.14. The van der Waals surface area contributed by atoms with Crippen LogP contribution in [0.2, 0.25) is 0 Å². The van der Waals surface area contributed by atoms with Gasteiger partial charge in [-0.2, -0.15) is 0 Å². The molecule has 1 atom stereocenters. The molecule has 0 bridgehead atoms. The summed E-state index contributed by atoms with van der Waals surface area (Å²) in [5, 5.41) is 9.10. The van der Waals surface area contributed by atoms with Gasteiger partial charge in [-0.25, -0.2) is 4.79 Å². The van der Waals surface area contributed by atoms with Gasteiger partial charge in [0.05, 0.1) is 0 Å². The lowest BCUT2D eigenvalue weighted by atomic mass is 9.69. The number of amides is 1. The topological polar surface area (TPSA) is 43.8 Å². The molecule has 120 valence electrons. The smallest absolute Gasteiger partial charge is 0.407 e. The van der Waals surface area contributed by atoms with Crippen molar-refractivity contribution in [1.29, 1.82) is 0 Å². The predicted octanol–water partition coefficient (Wildman–Crippen LogP) is 3.43. The number of piperidine rings is 2. The highest BCUT2D eigenvalue weighted by Gasteiger charge is 2.41. The Balaban J connectivity index is 1.57. The number of carboxylic acid groups (broad SMARTS) is 1. The first-order valence-electron chi connectivity index (χ1n) is 8.34. The first-order chi connectivity index (χ1) is 10.6. The van der Waals surface area contributed by atoms with E-state index in [1.54, 1.807) is 4.90 Å². The average molecular weight is 302 g/mol. The summed E-state index contributed by atoms with van der Waals surface area (Å²) in [6.45, 7) is 5.90. The van der Waals surface area contributed by atoms with Crippen molar-refractivity contribution in [1.82, 2.24) is 9.80 Å². The normalized spacial score (nSPS) is 25.3. The van der Waals surface area contributed by atoms with Crippen LogP contribution in [-0.2, 0) is 6.54 Å². The Hall–Kier alpha value is -1.55. The number of benzene rings is 1. The second kappa shape index (κ2) is 6.29. The molecule has 1 spiro atoms. The zero-order valence-electron chi connectivity index (χ0n) is 13.4. The lowest BCUT2D eigenvalue weighted by Crippen LogP contribution is -2.50. The molecule has 1 amide bonds. The molecule has 1 aromatic carbocycles. The van der Waals surface area contributed by atoms with Crippen LogP contribution in [0.1, 0.15) is 38.2 Å². The highest BCUT2D eigenvalue weighted by molar-refractivity contribution is 5.65. The molecule has 4 heteroatoms. The Labute approximate surface area is 132 Å². The van der Waals surface area contributed by atoms with Crippen LogP contribution in [0.3, 0.4) is 0 Å². The van der Waals surface area contributed by atoms with Gasteiger partial charge in [-0.05, 0) is 50.1 Å². The molecule has 1 unspecified atom stereocenters. The van der Waals surface area contributed by atoms with Crippen molar-refractivity contribution in [3.05, 3.63) is 35.9 Å². The molecule has 2 aliphatic heterocycles. The quantitative estimate of drug-likeness (QED) is 0.910. The first-order valence-corrected chi connectivity index (χ1v) is 8.34. The van der Waals surface area contributed by atoms with Gasteiger partial charge < -0.3 is 10.0 Å². The van der Waals surface area contributed by atoms with Crippen molar-refractivity contribution in [3.8, 4) is 0 Å². The van der Waals surface area contributed by atoms with Crippen LogP contribution < -0.4 is 0 Å². The summed E-state index contributed by atoms with van der Waals surface area (Å²) >= 11 is 0. The molecule has 0 radical (unpaired) electrons. The summed E-state index contributed by atoms with van der Waals surface area (Å²) in [5.41, 5.74) is 1.75. The highest BCUT2D eigenvalue weighted by atomic mass is 16.4. The Bertz CT molecular complexity index is 509. The molecule has 3 rings (SSSR count). The number of hydrogen-bond acceptors (Lipinski definition) is 2. The van der Waals surface area contributed by atoms with Crippen LogP contribution in [0.25, 0.3) is 0 Å². The highest BCUT2D eigenvalue weighted by Crippen LogP contribution is 2.43. The van der Waals surface area contributed by atoms with E-state index in [0.717, 1.165) is 25.9 Å². The van der Waals surface area contributed by atoms with Crippen LogP contribution in [0, 0.1) is 5.41 Å². The van der Waals surface area contributed by atoms with Crippen molar-refractivity contribution in [2.24, 2.45) is 5.41 Å². The van der Waals surface area contributed by atoms with Crippen LogP contribution in [-0.4, -0.2) is 46.7 Å². The number of likely N-dealkylation sites (tertiary alicyclic amines) is 2. The minimum Gasteiger partial charge on any atom is -0.465 e. The Morgan fingerprint density at radius 3 is 2.41 bits per heavy atom. The molecule has 4 nitrogen and oxygen atoms in total. The number of hydrogen-bond donors (Lipinski definition) is 1. The second-order valence-corrected chi connectivity index (χ2v) is 7.03. The molecule has 22 heavy (non-hydrogen) atoms. The molecular formula is C18H26N2O2. The fourth-order valence-electron chi connectivity index (χ4n) is 4.14. The van der Waals surface area contributed by atoms with Gasteiger partial charge in [-0.3, -0.25) is 4.90 Å². The lowest BCUT2D eigenvalue weighted by Gasteiger charge is -2.49. The monoisotopic (exact) mass is 302 g/mol. The van der Waals surface area contributed by atoms with E-state index in [1.807, 2.05) is 0 Å². The van der Waals surface area contributed by atoms with Gasteiger partial charge in [0.25, 0.3) is 0 Å². The van der Waals surface area contributed by atoms with E-state index in [4.69, 9.17) is 5.11 Å². The predicted molar refractivity (Wildman–Crippen MR) is 86.8 cm³/mol. The van der Waals surface area contributed by atoms with E-state index < -0.39 is 6.09 Å². The molecule has 2 heterocycles. The largest absolute Gasteiger partial charge is 0.465 e. The number of carbonyl (C=O) groups is 1. The molecule has 1 aromatic rings. The zero-order valence-corrected chi connectivity index (χ0v) is 13.4. The van der Waals surface area contributed by atoms with Crippen molar-refractivity contribution in [2.75, 3.05) is 19.6 Å². The van der Waals surface area contributed by atoms with Gasteiger partial charge in [0, 0.05) is 25.7 Å². The second-order valence-electron chi connectivity index (χ2n) is 7.03. The maximum atomic E-state index is 11.1. The van der Waals surface area contributed by atoms with Gasteiger partial charge >= 0.3 is 6.09 Å². The lowest BCUT2D eigenvalue weighted by molar-refractivity contribution is 0.00681. The van der Waals surface area contributed by atoms with E-state index in [0.29, 0.717) is 24.5 Å². The summed E-state index contributed by atoms with van der Waals surface area (Å²) in [6, 6.07) is 11.2. The Kier molecular flexibility index (Phi) is 4.39. The van der Waals surface area contributed by atoms with E-state index >= 15 is 0 Å². The van der Waals surface area contributed by atoms with Crippen molar-refractivity contribution < 1.29 is 9.90 Å². The number of rotatable bonds is 2. The van der Waals surface area contributed by atoms with Crippen molar-refractivity contribution in [2.45, 2.75) is 45.2 Å². The van der Waals surface area contributed by atoms with Gasteiger partial charge in [0.1, 0.15) is 0 Å². The van der Waals surface area contributed by atoms with E-state index in [9.17, 15) is 4.79 Å². The van der Waals surface area contributed by atoms with Crippen LogP contribution in [0.15, 0.2) is 30.3 Å². The SMILES string of the molecule is CC1CC2(CCN(C(=O)O)CC2)CCN1Cc1ccccc1. The third kappa shape index (κ3) is 3.27. The Morgan fingerprint density at radius 1 is 1.18 bits per heavy atom. The van der Waals surface area contributed by atoms with Crippen molar-refractivity contribution >= 4 is 6.09 Å². The first kappa shape index (κ1) is 15.3. The molecule has 0 aliphatic carbocycles. The van der Waals surface area contributed by atoms with Crippen LogP contribution >= 0.6 is 0 Å². The summed E-state index contributed by atoms with van der Waals surface area (Å²) in [7, 11) is 0. The van der Waals surface area contributed by atoms with E-state index in [1.165, 1.54) is 18.4 Å². The number of nitrogens with zero attached hydrogens (tertiary/aromatic N) is 2. The maximum absolute atomic E-state index is 11.1. The Morgan fingerprint density at radius 2 is 1.82 bits per heavy atom. The van der Waals surface area contributed by atoms with Gasteiger partial charge in [0.2, 0.25) is 0 Å².